The number of amides is 2. The summed E-state index contributed by atoms with van der Waals surface area (Å²) in [7, 11) is 0. The number of anilines is 3. The van der Waals surface area contributed by atoms with Gasteiger partial charge in [-0.2, -0.15) is 5.10 Å². The van der Waals surface area contributed by atoms with Crippen molar-refractivity contribution < 1.29 is 9.18 Å². The number of urea groups is 1. The van der Waals surface area contributed by atoms with Crippen molar-refractivity contribution in [2.75, 3.05) is 16.4 Å². The summed E-state index contributed by atoms with van der Waals surface area (Å²) < 4.78 is 13.4. The molecule has 0 radical (unpaired) electrons. The van der Waals surface area contributed by atoms with Crippen LogP contribution in [0.2, 0.25) is 0 Å². The maximum atomic E-state index is 13.4. The normalized spacial score (nSPS) is 11.2. The zero-order chi connectivity index (χ0) is 23.5. The van der Waals surface area contributed by atoms with Crippen molar-refractivity contribution in [1.82, 2.24) is 15.5 Å². The van der Waals surface area contributed by atoms with E-state index in [2.05, 4.69) is 46.1 Å². The number of nitrogens with two attached hydrogens (primary N) is 1. The van der Waals surface area contributed by atoms with Crippen molar-refractivity contribution in [2.24, 2.45) is 0 Å². The second-order valence-corrected chi connectivity index (χ2v) is 8.29. The predicted molar refractivity (Wildman–Crippen MR) is 132 cm³/mol. The van der Waals surface area contributed by atoms with Crippen LogP contribution in [0.4, 0.5) is 26.4 Å². The van der Waals surface area contributed by atoms with E-state index in [9.17, 15) is 9.18 Å². The standard InChI is InChI=1S/C25H27FN6O/c1-14(2)28-13-17-6-10-20(22-23(17)31-32-24(22)27)16-4-7-18(8-5-16)29-25(33)30-19-9-11-21(26)15(3)12-19/h4-12,14,28H,13H2,1-3H3,(H3,27,31,32)(H2,29,30,33). The summed E-state index contributed by atoms with van der Waals surface area (Å²) in [5, 5.41) is 17.1. The first-order chi connectivity index (χ1) is 15.8. The molecule has 1 heterocycles. The van der Waals surface area contributed by atoms with Gasteiger partial charge in [0.25, 0.3) is 0 Å². The molecule has 170 valence electrons. The highest BCUT2D eigenvalue weighted by atomic mass is 19.1. The minimum atomic E-state index is -0.405. The van der Waals surface area contributed by atoms with Crippen LogP contribution in [-0.4, -0.2) is 22.3 Å². The molecule has 3 aromatic carbocycles. The molecule has 0 aliphatic rings. The van der Waals surface area contributed by atoms with E-state index in [-0.39, 0.29) is 5.82 Å². The Labute approximate surface area is 191 Å². The van der Waals surface area contributed by atoms with Gasteiger partial charge in [-0.3, -0.25) is 5.10 Å². The van der Waals surface area contributed by atoms with Crippen molar-refractivity contribution in [3.8, 4) is 11.1 Å². The smallest absolute Gasteiger partial charge is 0.323 e. The number of aromatic amines is 1. The van der Waals surface area contributed by atoms with Crippen LogP contribution in [0.25, 0.3) is 22.0 Å². The molecule has 2 amide bonds. The van der Waals surface area contributed by atoms with Gasteiger partial charge in [-0.1, -0.05) is 38.1 Å². The molecule has 4 aromatic rings. The molecule has 0 spiro atoms. The number of nitrogen functional groups attached to an aromatic ring is 1. The molecule has 0 fully saturated rings. The molecular weight excluding hydrogens is 419 g/mol. The number of nitrogens with one attached hydrogen (secondary N) is 4. The molecular formula is C25H27FN6O. The van der Waals surface area contributed by atoms with Crippen LogP contribution in [0.5, 0.6) is 0 Å². The van der Waals surface area contributed by atoms with Crippen molar-refractivity contribution >= 4 is 34.1 Å². The Hall–Kier alpha value is -3.91. The lowest BCUT2D eigenvalue weighted by atomic mass is 9.98. The van der Waals surface area contributed by atoms with Gasteiger partial charge < -0.3 is 21.7 Å². The largest absolute Gasteiger partial charge is 0.382 e. The van der Waals surface area contributed by atoms with E-state index in [1.807, 2.05) is 30.3 Å². The summed E-state index contributed by atoms with van der Waals surface area (Å²) >= 11 is 0. The van der Waals surface area contributed by atoms with E-state index < -0.39 is 6.03 Å². The van der Waals surface area contributed by atoms with E-state index in [1.54, 1.807) is 13.0 Å². The van der Waals surface area contributed by atoms with Crippen LogP contribution in [0.1, 0.15) is 25.0 Å². The highest BCUT2D eigenvalue weighted by Crippen LogP contribution is 2.34. The molecule has 0 unspecified atom stereocenters. The maximum Gasteiger partial charge on any atom is 0.323 e. The first-order valence-corrected chi connectivity index (χ1v) is 10.7. The Balaban J connectivity index is 1.52. The van der Waals surface area contributed by atoms with Crippen LogP contribution in [0.15, 0.2) is 54.6 Å². The quantitative estimate of drug-likeness (QED) is 0.273. The summed E-state index contributed by atoms with van der Waals surface area (Å²) in [6, 6.07) is 16.0. The second kappa shape index (κ2) is 9.30. The van der Waals surface area contributed by atoms with Gasteiger partial charge in [0.15, 0.2) is 5.82 Å². The summed E-state index contributed by atoms with van der Waals surface area (Å²) in [6.45, 7) is 6.56. The fraction of sp³-hybridized carbons (Fsp3) is 0.200. The zero-order valence-corrected chi connectivity index (χ0v) is 18.8. The van der Waals surface area contributed by atoms with Crippen LogP contribution >= 0.6 is 0 Å². The number of rotatable bonds is 6. The topological polar surface area (TPSA) is 108 Å². The van der Waals surface area contributed by atoms with Crippen LogP contribution in [0.3, 0.4) is 0 Å². The number of benzene rings is 3. The Morgan fingerprint density at radius 3 is 2.45 bits per heavy atom. The van der Waals surface area contributed by atoms with Gasteiger partial charge in [0.1, 0.15) is 5.82 Å². The Bertz CT molecular complexity index is 1300. The summed E-state index contributed by atoms with van der Waals surface area (Å²) in [6.07, 6.45) is 0. The first kappa shape index (κ1) is 22.3. The minimum Gasteiger partial charge on any atom is -0.382 e. The van der Waals surface area contributed by atoms with Gasteiger partial charge in [-0.15, -0.1) is 0 Å². The lowest BCUT2D eigenvalue weighted by Gasteiger charge is -2.12. The lowest BCUT2D eigenvalue weighted by Crippen LogP contribution is -2.21. The Morgan fingerprint density at radius 1 is 1.06 bits per heavy atom. The summed E-state index contributed by atoms with van der Waals surface area (Å²) in [5.41, 5.74) is 11.7. The second-order valence-electron chi connectivity index (χ2n) is 8.29. The molecule has 7 nitrogen and oxygen atoms in total. The van der Waals surface area contributed by atoms with Gasteiger partial charge >= 0.3 is 6.03 Å². The number of nitrogens with zero attached hydrogens (tertiary/aromatic N) is 1. The van der Waals surface area contributed by atoms with Crippen molar-refractivity contribution in [3.63, 3.8) is 0 Å². The number of aryl methyl sites for hydroxylation is 1. The van der Waals surface area contributed by atoms with Crippen LogP contribution in [-0.2, 0) is 6.54 Å². The first-order valence-electron chi connectivity index (χ1n) is 10.7. The van der Waals surface area contributed by atoms with E-state index in [1.165, 1.54) is 12.1 Å². The average Bonchev–Trinajstić information content (AvgIpc) is 3.17. The number of hydrogen-bond donors (Lipinski definition) is 5. The molecule has 33 heavy (non-hydrogen) atoms. The van der Waals surface area contributed by atoms with Crippen molar-refractivity contribution in [1.29, 1.82) is 0 Å². The molecule has 0 aliphatic carbocycles. The Kier molecular flexibility index (Phi) is 6.28. The van der Waals surface area contributed by atoms with Crippen LogP contribution in [0, 0.1) is 12.7 Å². The molecule has 0 saturated carbocycles. The van der Waals surface area contributed by atoms with E-state index in [0.29, 0.717) is 35.3 Å². The number of halogens is 1. The number of aromatic nitrogens is 2. The van der Waals surface area contributed by atoms with Crippen LogP contribution < -0.4 is 21.7 Å². The predicted octanol–water partition coefficient (Wildman–Crippen LogP) is 5.40. The molecule has 0 bridgehead atoms. The van der Waals surface area contributed by atoms with E-state index in [0.717, 1.165) is 27.6 Å². The van der Waals surface area contributed by atoms with Gasteiger partial charge in [-0.25, -0.2) is 9.18 Å². The maximum absolute atomic E-state index is 13.4. The fourth-order valence-electron chi connectivity index (χ4n) is 3.66. The summed E-state index contributed by atoms with van der Waals surface area (Å²) in [5.74, 6) is 0.135. The Morgan fingerprint density at radius 2 is 1.76 bits per heavy atom. The van der Waals surface area contributed by atoms with Gasteiger partial charge in [-0.05, 0) is 59.5 Å². The number of hydrogen-bond acceptors (Lipinski definition) is 4. The molecule has 8 heteroatoms. The molecule has 4 rings (SSSR count). The monoisotopic (exact) mass is 446 g/mol. The van der Waals surface area contributed by atoms with E-state index >= 15 is 0 Å². The third kappa shape index (κ3) is 4.96. The van der Waals surface area contributed by atoms with Crippen molar-refractivity contribution in [2.45, 2.75) is 33.4 Å². The number of fused-ring (bicyclic) bond motifs is 1. The molecule has 6 N–H and O–H groups in total. The molecule has 0 atom stereocenters. The zero-order valence-electron chi connectivity index (χ0n) is 18.8. The highest BCUT2D eigenvalue weighted by Gasteiger charge is 2.14. The van der Waals surface area contributed by atoms with Gasteiger partial charge in [0, 0.05) is 24.0 Å². The summed E-state index contributed by atoms with van der Waals surface area (Å²) in [4.78, 5) is 12.3. The molecule has 0 aliphatic heterocycles. The average molecular weight is 447 g/mol. The fourth-order valence-corrected chi connectivity index (χ4v) is 3.66. The minimum absolute atomic E-state index is 0.312. The number of H-pyrrole nitrogens is 1. The van der Waals surface area contributed by atoms with E-state index in [4.69, 9.17) is 5.73 Å². The van der Waals surface area contributed by atoms with Crippen molar-refractivity contribution in [3.05, 3.63) is 71.5 Å². The molecule has 1 aromatic heterocycles. The molecule has 0 saturated heterocycles. The lowest BCUT2D eigenvalue weighted by molar-refractivity contribution is 0.262. The SMILES string of the molecule is Cc1cc(NC(=O)Nc2ccc(-c3ccc(CNC(C)C)c4[nH]nc(N)c34)cc2)ccc1F. The third-order valence-corrected chi connectivity index (χ3v) is 5.41. The third-order valence-electron chi connectivity index (χ3n) is 5.41. The van der Waals surface area contributed by atoms with Gasteiger partial charge in [0.2, 0.25) is 0 Å². The number of carbonyl (C=O) groups excluding carboxylic acids is 1. The van der Waals surface area contributed by atoms with Gasteiger partial charge in [0.05, 0.1) is 10.9 Å². The number of carbonyl (C=O) groups is 1. The highest BCUT2D eigenvalue weighted by molar-refractivity contribution is 6.03.